The minimum atomic E-state index is -0.729. The summed E-state index contributed by atoms with van der Waals surface area (Å²) < 4.78 is 0. The van der Waals surface area contributed by atoms with Gasteiger partial charge in [0.15, 0.2) is 0 Å². The topological polar surface area (TPSA) is 165 Å². The lowest BCUT2D eigenvalue weighted by molar-refractivity contribution is -0.137. The number of urea groups is 1. The van der Waals surface area contributed by atoms with Gasteiger partial charge in [-0.3, -0.25) is 4.79 Å². The van der Waals surface area contributed by atoms with Gasteiger partial charge in [0.25, 0.3) is 0 Å². The Kier molecular flexibility index (Phi) is 12.7. The number of hydrogen-bond acceptors (Lipinski definition) is 6. The Bertz CT molecular complexity index is 369. The third-order valence-electron chi connectivity index (χ3n) is 3.98. The third-order valence-corrected chi connectivity index (χ3v) is 5.48. The molecule has 142 valence electrons. The highest BCUT2D eigenvalue weighted by molar-refractivity contribution is 8.00. The number of thioether (sulfide) groups is 1. The van der Waals surface area contributed by atoms with E-state index in [9.17, 15) is 9.59 Å². The van der Waals surface area contributed by atoms with Crippen LogP contribution in [0.4, 0.5) is 4.79 Å². The molecule has 3 atom stereocenters. The molecule has 0 aromatic rings. The molecule has 9 heteroatoms. The molecule has 0 radical (unpaired) electrons. The van der Waals surface area contributed by atoms with Crippen molar-refractivity contribution in [2.45, 2.75) is 62.3 Å². The van der Waals surface area contributed by atoms with Gasteiger partial charge in [-0.05, 0) is 38.8 Å². The first-order valence-corrected chi connectivity index (χ1v) is 9.44. The van der Waals surface area contributed by atoms with Gasteiger partial charge in [-0.2, -0.15) is 11.8 Å². The summed E-state index contributed by atoms with van der Waals surface area (Å²) in [5, 5.41) is 14.8. The number of carboxylic acid groups (broad SMARTS) is 1. The summed E-state index contributed by atoms with van der Waals surface area (Å²) in [4.78, 5) is 21.5. The first-order chi connectivity index (χ1) is 11.1. The zero-order valence-electron chi connectivity index (χ0n) is 14.3. The van der Waals surface area contributed by atoms with Crippen LogP contribution >= 0.6 is 11.8 Å². The van der Waals surface area contributed by atoms with Crippen molar-refractivity contribution in [3.63, 3.8) is 0 Å². The van der Waals surface area contributed by atoms with Crippen LogP contribution in [0.15, 0.2) is 0 Å². The molecule has 24 heavy (non-hydrogen) atoms. The first kappa shape index (κ1) is 23.0. The summed E-state index contributed by atoms with van der Waals surface area (Å²) in [5.74, 6) is 0.236. The largest absolute Gasteiger partial charge is 0.481 e. The van der Waals surface area contributed by atoms with Crippen LogP contribution in [0.5, 0.6) is 0 Å². The molecule has 0 aromatic heterocycles. The van der Waals surface area contributed by atoms with Gasteiger partial charge in [-0.1, -0.05) is 12.8 Å². The van der Waals surface area contributed by atoms with Crippen molar-refractivity contribution in [2.24, 2.45) is 11.5 Å². The SMILES string of the molecule is N.NCCCCCN.O=C(O)CCCC[C@@H]1SC[C@@H]2NC(=O)N[C@@H]21. The van der Waals surface area contributed by atoms with Crippen LogP contribution < -0.4 is 28.3 Å². The fourth-order valence-electron chi connectivity index (χ4n) is 2.73. The van der Waals surface area contributed by atoms with Crippen molar-refractivity contribution in [3.05, 3.63) is 0 Å². The number of aliphatic carboxylic acids is 1. The second-order valence-electron chi connectivity index (χ2n) is 5.90. The van der Waals surface area contributed by atoms with Gasteiger partial charge in [0.1, 0.15) is 0 Å². The summed E-state index contributed by atoms with van der Waals surface area (Å²) >= 11 is 1.87. The molecule has 0 unspecified atom stereocenters. The van der Waals surface area contributed by atoms with E-state index in [0.29, 0.717) is 5.25 Å². The standard InChI is InChI=1S/C10H16N2O3S.C5H14N2.H3N/c13-8(14)4-2-1-3-7-9-6(5-16-7)11-10(15)12-9;6-4-2-1-3-5-7;/h6-7,9H,1-5H2,(H,13,14)(H2,11,12,15);1-7H2;1H3/t6-,7-,9-;;/m0../s1. The summed E-state index contributed by atoms with van der Waals surface area (Å²) in [6.45, 7) is 1.61. The molecule has 2 aliphatic rings. The number of fused-ring (bicyclic) bond motifs is 1. The van der Waals surface area contributed by atoms with Crippen molar-refractivity contribution < 1.29 is 14.7 Å². The summed E-state index contributed by atoms with van der Waals surface area (Å²) in [6.07, 6.45) is 6.31. The quantitative estimate of drug-likeness (QED) is 0.263. The predicted octanol–water partition coefficient (Wildman–Crippen LogP) is 1.03. The molecule has 2 saturated heterocycles. The molecule has 2 rings (SSSR count). The molecule has 2 fully saturated rings. The minimum absolute atomic E-state index is 0. The Morgan fingerprint density at radius 3 is 2.38 bits per heavy atom. The van der Waals surface area contributed by atoms with Crippen molar-refractivity contribution in [2.75, 3.05) is 18.8 Å². The van der Waals surface area contributed by atoms with Crippen LogP contribution in [-0.2, 0) is 4.79 Å². The second-order valence-corrected chi connectivity index (χ2v) is 7.17. The summed E-state index contributed by atoms with van der Waals surface area (Å²) in [7, 11) is 0. The molecule has 0 aromatic carbocycles. The molecule has 2 aliphatic heterocycles. The monoisotopic (exact) mass is 363 g/mol. The lowest BCUT2D eigenvalue weighted by Crippen LogP contribution is -2.36. The van der Waals surface area contributed by atoms with E-state index in [4.69, 9.17) is 16.6 Å². The van der Waals surface area contributed by atoms with Gasteiger partial charge in [0, 0.05) is 17.4 Å². The van der Waals surface area contributed by atoms with E-state index in [1.807, 2.05) is 11.8 Å². The molecule has 0 saturated carbocycles. The van der Waals surface area contributed by atoms with Crippen LogP contribution in [0.2, 0.25) is 0 Å². The normalized spacial score (nSPS) is 24.1. The zero-order valence-corrected chi connectivity index (χ0v) is 15.2. The highest BCUT2D eigenvalue weighted by atomic mass is 32.2. The maximum Gasteiger partial charge on any atom is 0.315 e. The number of unbranched alkanes of at least 4 members (excludes halogenated alkanes) is 3. The number of carbonyl (C=O) groups excluding carboxylic acids is 1. The Hall–Kier alpha value is -1.03. The summed E-state index contributed by atoms with van der Waals surface area (Å²) in [6, 6.07) is 0.440. The van der Waals surface area contributed by atoms with E-state index in [0.717, 1.165) is 50.9 Å². The third kappa shape index (κ3) is 8.72. The van der Waals surface area contributed by atoms with E-state index >= 15 is 0 Å². The van der Waals surface area contributed by atoms with Crippen molar-refractivity contribution >= 4 is 23.8 Å². The number of carbonyl (C=O) groups is 2. The van der Waals surface area contributed by atoms with Gasteiger partial charge in [0.2, 0.25) is 0 Å². The fourth-order valence-corrected chi connectivity index (χ4v) is 4.27. The van der Waals surface area contributed by atoms with Gasteiger partial charge >= 0.3 is 12.0 Å². The van der Waals surface area contributed by atoms with E-state index in [1.165, 1.54) is 6.42 Å². The Morgan fingerprint density at radius 2 is 1.79 bits per heavy atom. The number of hydrogen-bond donors (Lipinski definition) is 6. The smallest absolute Gasteiger partial charge is 0.315 e. The number of carboxylic acids is 1. The van der Waals surface area contributed by atoms with Crippen molar-refractivity contribution in [1.29, 1.82) is 0 Å². The van der Waals surface area contributed by atoms with Gasteiger partial charge in [-0.25, -0.2) is 4.79 Å². The molecule has 0 spiro atoms. The highest BCUT2D eigenvalue weighted by Gasteiger charge is 2.42. The van der Waals surface area contributed by atoms with Crippen LogP contribution in [0.25, 0.3) is 0 Å². The van der Waals surface area contributed by atoms with Gasteiger partial charge < -0.3 is 33.4 Å². The Labute approximate surface area is 148 Å². The Balaban J connectivity index is 0.000000570. The molecule has 0 aliphatic carbocycles. The lowest BCUT2D eigenvalue weighted by Gasteiger charge is -2.16. The van der Waals surface area contributed by atoms with E-state index in [1.54, 1.807) is 0 Å². The first-order valence-electron chi connectivity index (χ1n) is 8.39. The molecular formula is C15H33N5O3S. The molecule has 0 bridgehead atoms. The van der Waals surface area contributed by atoms with E-state index < -0.39 is 5.97 Å². The maximum absolute atomic E-state index is 11.1. The second kappa shape index (κ2) is 13.3. The number of nitrogens with one attached hydrogen (secondary N) is 2. The van der Waals surface area contributed by atoms with Gasteiger partial charge in [-0.15, -0.1) is 0 Å². The van der Waals surface area contributed by atoms with Crippen molar-refractivity contribution in [1.82, 2.24) is 16.8 Å². The molecule has 10 N–H and O–H groups in total. The van der Waals surface area contributed by atoms with Crippen LogP contribution in [0.3, 0.4) is 0 Å². The molecule has 2 amide bonds. The number of amides is 2. The molecule has 2 heterocycles. The van der Waals surface area contributed by atoms with Crippen LogP contribution in [0.1, 0.15) is 44.9 Å². The highest BCUT2D eigenvalue weighted by Crippen LogP contribution is 2.33. The van der Waals surface area contributed by atoms with Crippen LogP contribution in [0, 0.1) is 0 Å². The van der Waals surface area contributed by atoms with E-state index in [2.05, 4.69) is 10.6 Å². The van der Waals surface area contributed by atoms with Gasteiger partial charge in [0.05, 0.1) is 12.1 Å². The predicted molar refractivity (Wildman–Crippen MR) is 98.6 cm³/mol. The average molecular weight is 364 g/mol. The molecule has 8 nitrogen and oxygen atoms in total. The lowest BCUT2D eigenvalue weighted by atomic mass is 10.0. The van der Waals surface area contributed by atoms with Crippen LogP contribution in [-0.4, -0.2) is 53.3 Å². The number of rotatable bonds is 9. The van der Waals surface area contributed by atoms with Crippen molar-refractivity contribution in [3.8, 4) is 0 Å². The fraction of sp³-hybridized carbons (Fsp3) is 0.867. The average Bonchev–Trinajstić information content (AvgIpc) is 3.04. The Morgan fingerprint density at radius 1 is 1.12 bits per heavy atom. The minimum Gasteiger partial charge on any atom is -0.481 e. The summed E-state index contributed by atoms with van der Waals surface area (Å²) in [5.41, 5.74) is 10.5. The van der Waals surface area contributed by atoms with E-state index in [-0.39, 0.29) is 30.7 Å². The zero-order chi connectivity index (χ0) is 17.1. The maximum atomic E-state index is 11.1. The molecular weight excluding hydrogens is 330 g/mol. The number of nitrogens with two attached hydrogens (primary N) is 2.